The quantitative estimate of drug-likeness (QED) is 0.458. The van der Waals surface area contributed by atoms with Gasteiger partial charge in [-0.1, -0.05) is 25.1 Å². The fourth-order valence-corrected chi connectivity index (χ4v) is 1.79. The summed E-state index contributed by atoms with van der Waals surface area (Å²) in [6.07, 6.45) is 3.16. The van der Waals surface area contributed by atoms with Gasteiger partial charge in [0.05, 0.1) is 13.2 Å². The van der Waals surface area contributed by atoms with Gasteiger partial charge in [-0.3, -0.25) is 0 Å². The van der Waals surface area contributed by atoms with E-state index in [2.05, 4.69) is 24.9 Å². The molecule has 4 heteroatoms. The second kappa shape index (κ2) is 11.3. The molecule has 0 radical (unpaired) electrons. The molecule has 0 spiro atoms. The summed E-state index contributed by atoms with van der Waals surface area (Å²) in [6, 6.07) is 7.96. The van der Waals surface area contributed by atoms with Crippen molar-refractivity contribution in [1.82, 2.24) is 5.32 Å². The van der Waals surface area contributed by atoms with Crippen LogP contribution in [0.15, 0.2) is 36.9 Å². The number of benzene rings is 1. The Balaban J connectivity index is 2.07. The van der Waals surface area contributed by atoms with E-state index in [1.54, 1.807) is 0 Å². The first-order valence-electron chi connectivity index (χ1n) is 7.55. The predicted octanol–water partition coefficient (Wildman–Crippen LogP) is 2.17. The van der Waals surface area contributed by atoms with Crippen LogP contribution in [0.25, 0.3) is 0 Å². The van der Waals surface area contributed by atoms with Crippen LogP contribution < -0.4 is 10.1 Å². The van der Waals surface area contributed by atoms with Gasteiger partial charge in [-0.2, -0.15) is 0 Å². The third-order valence-electron chi connectivity index (χ3n) is 3.02. The van der Waals surface area contributed by atoms with Crippen molar-refractivity contribution in [3.8, 4) is 5.75 Å². The summed E-state index contributed by atoms with van der Waals surface area (Å²) in [5, 5.41) is 13.0. The summed E-state index contributed by atoms with van der Waals surface area (Å²) < 4.78 is 11.0. The summed E-state index contributed by atoms with van der Waals surface area (Å²) >= 11 is 0. The van der Waals surface area contributed by atoms with Crippen LogP contribution in [0.4, 0.5) is 0 Å². The number of aryl methyl sites for hydroxylation is 1. The zero-order valence-corrected chi connectivity index (χ0v) is 12.9. The van der Waals surface area contributed by atoms with Crippen LogP contribution in [0.1, 0.15) is 18.9 Å². The number of nitrogens with one attached hydrogen (secondary N) is 1. The summed E-state index contributed by atoms with van der Waals surface area (Å²) in [4.78, 5) is 0. The molecule has 0 aliphatic rings. The minimum Gasteiger partial charge on any atom is -0.491 e. The van der Waals surface area contributed by atoms with E-state index in [9.17, 15) is 5.11 Å². The highest BCUT2D eigenvalue weighted by Gasteiger charge is 2.05. The molecular weight excluding hydrogens is 266 g/mol. The Bertz CT molecular complexity index is 395. The summed E-state index contributed by atoms with van der Waals surface area (Å²) in [5.41, 5.74) is 1.23. The number of aliphatic hydroxyl groups excluding tert-OH is 1. The lowest BCUT2D eigenvalue weighted by atomic mass is 10.2. The van der Waals surface area contributed by atoms with E-state index in [0.29, 0.717) is 19.8 Å². The molecule has 1 unspecified atom stereocenters. The molecule has 0 fully saturated rings. The Hall–Kier alpha value is -1.36. The largest absolute Gasteiger partial charge is 0.491 e. The number of aliphatic hydroxyl groups is 1. The molecule has 118 valence electrons. The molecule has 0 bridgehead atoms. The van der Waals surface area contributed by atoms with Crippen molar-refractivity contribution in [2.24, 2.45) is 0 Å². The lowest BCUT2D eigenvalue weighted by Gasteiger charge is -2.13. The molecule has 0 heterocycles. The maximum Gasteiger partial charge on any atom is 0.119 e. The van der Waals surface area contributed by atoms with Gasteiger partial charge in [0.25, 0.3) is 0 Å². The van der Waals surface area contributed by atoms with Crippen LogP contribution in [-0.4, -0.2) is 44.1 Å². The third kappa shape index (κ3) is 8.50. The second-order valence-electron chi connectivity index (χ2n) is 4.86. The van der Waals surface area contributed by atoms with Crippen molar-refractivity contribution in [3.63, 3.8) is 0 Å². The molecule has 4 nitrogen and oxygen atoms in total. The standard InChI is InChI=1S/C17H27NO3/c1-3-5-10-20-11-9-18-13-16(19)14-21-17-8-6-7-15(4-2)12-17/h3,6-8,12,16,18-19H,1,4-5,9-11,13-14H2,2H3. The van der Waals surface area contributed by atoms with Crippen LogP contribution in [-0.2, 0) is 11.2 Å². The molecule has 21 heavy (non-hydrogen) atoms. The van der Waals surface area contributed by atoms with E-state index < -0.39 is 6.10 Å². The average molecular weight is 293 g/mol. The molecule has 0 aliphatic carbocycles. The lowest BCUT2D eigenvalue weighted by Crippen LogP contribution is -2.33. The average Bonchev–Trinajstić information content (AvgIpc) is 2.52. The summed E-state index contributed by atoms with van der Waals surface area (Å²) in [5.74, 6) is 0.807. The molecular formula is C17H27NO3. The monoisotopic (exact) mass is 293 g/mol. The first kappa shape index (κ1) is 17.7. The van der Waals surface area contributed by atoms with Crippen molar-refractivity contribution in [2.75, 3.05) is 32.9 Å². The van der Waals surface area contributed by atoms with Crippen LogP contribution in [0, 0.1) is 0 Å². The number of hydrogen-bond donors (Lipinski definition) is 2. The number of rotatable bonds is 12. The Morgan fingerprint density at radius 3 is 3.00 bits per heavy atom. The molecule has 0 amide bonds. The maximum atomic E-state index is 9.84. The van der Waals surface area contributed by atoms with E-state index in [1.165, 1.54) is 5.56 Å². The molecule has 2 N–H and O–H groups in total. The zero-order valence-electron chi connectivity index (χ0n) is 12.9. The Morgan fingerprint density at radius 2 is 2.24 bits per heavy atom. The summed E-state index contributed by atoms with van der Waals surface area (Å²) in [6.45, 7) is 8.58. The topological polar surface area (TPSA) is 50.7 Å². The molecule has 0 aromatic heterocycles. The van der Waals surface area contributed by atoms with Gasteiger partial charge in [0, 0.05) is 13.1 Å². The Kier molecular flexibility index (Phi) is 9.53. The van der Waals surface area contributed by atoms with Crippen LogP contribution in [0.2, 0.25) is 0 Å². The molecule has 0 aliphatic heterocycles. The minimum atomic E-state index is -0.525. The maximum absolute atomic E-state index is 9.84. The normalized spacial score (nSPS) is 12.1. The van der Waals surface area contributed by atoms with E-state index in [1.807, 2.05) is 24.3 Å². The van der Waals surface area contributed by atoms with Crippen LogP contribution >= 0.6 is 0 Å². The highest BCUT2D eigenvalue weighted by Crippen LogP contribution is 2.13. The van der Waals surface area contributed by atoms with Gasteiger partial charge in [0.1, 0.15) is 18.5 Å². The zero-order chi connectivity index (χ0) is 15.3. The van der Waals surface area contributed by atoms with Gasteiger partial charge in [0.15, 0.2) is 0 Å². The van der Waals surface area contributed by atoms with Crippen molar-refractivity contribution < 1.29 is 14.6 Å². The smallest absolute Gasteiger partial charge is 0.119 e. The fourth-order valence-electron chi connectivity index (χ4n) is 1.79. The van der Waals surface area contributed by atoms with Crippen LogP contribution in [0.3, 0.4) is 0 Å². The van der Waals surface area contributed by atoms with Crippen LogP contribution in [0.5, 0.6) is 5.75 Å². The van der Waals surface area contributed by atoms with Crippen molar-refractivity contribution >= 4 is 0 Å². The molecule has 1 atom stereocenters. The van der Waals surface area contributed by atoms with E-state index >= 15 is 0 Å². The molecule has 0 saturated carbocycles. The van der Waals surface area contributed by atoms with Gasteiger partial charge in [-0.05, 0) is 30.5 Å². The Labute approximate surface area is 127 Å². The van der Waals surface area contributed by atoms with E-state index in [-0.39, 0.29) is 6.61 Å². The van der Waals surface area contributed by atoms with Gasteiger partial charge >= 0.3 is 0 Å². The second-order valence-corrected chi connectivity index (χ2v) is 4.86. The first-order chi connectivity index (χ1) is 10.3. The number of ether oxygens (including phenoxy) is 2. The van der Waals surface area contributed by atoms with Crippen molar-refractivity contribution in [2.45, 2.75) is 25.9 Å². The first-order valence-corrected chi connectivity index (χ1v) is 7.55. The molecule has 1 rings (SSSR count). The summed E-state index contributed by atoms with van der Waals surface area (Å²) in [7, 11) is 0. The van der Waals surface area contributed by atoms with Gasteiger partial charge in [0.2, 0.25) is 0 Å². The van der Waals surface area contributed by atoms with Gasteiger partial charge in [-0.15, -0.1) is 6.58 Å². The third-order valence-corrected chi connectivity index (χ3v) is 3.02. The van der Waals surface area contributed by atoms with Crippen molar-refractivity contribution in [1.29, 1.82) is 0 Å². The lowest BCUT2D eigenvalue weighted by molar-refractivity contribution is 0.0993. The number of hydrogen-bond acceptors (Lipinski definition) is 4. The minimum absolute atomic E-state index is 0.289. The van der Waals surface area contributed by atoms with Crippen molar-refractivity contribution in [3.05, 3.63) is 42.5 Å². The predicted molar refractivity (Wildman–Crippen MR) is 85.8 cm³/mol. The van der Waals surface area contributed by atoms with E-state index in [4.69, 9.17) is 9.47 Å². The molecule has 1 aromatic carbocycles. The van der Waals surface area contributed by atoms with Gasteiger partial charge in [-0.25, -0.2) is 0 Å². The fraction of sp³-hybridized carbons (Fsp3) is 0.529. The highest BCUT2D eigenvalue weighted by molar-refractivity contribution is 5.28. The SMILES string of the molecule is C=CCCOCCNCC(O)COc1cccc(CC)c1. The molecule has 1 aromatic rings. The van der Waals surface area contributed by atoms with Gasteiger partial charge < -0.3 is 19.9 Å². The van der Waals surface area contributed by atoms with E-state index in [0.717, 1.165) is 25.1 Å². The molecule has 0 saturated heterocycles. The highest BCUT2D eigenvalue weighted by atomic mass is 16.5. The Morgan fingerprint density at radius 1 is 1.38 bits per heavy atom.